The Morgan fingerprint density at radius 2 is 1.88 bits per heavy atom. The molecule has 0 bridgehead atoms. The molecule has 2 unspecified atom stereocenters. The van der Waals surface area contributed by atoms with Crippen molar-refractivity contribution in [1.82, 2.24) is 9.80 Å². The van der Waals surface area contributed by atoms with Gasteiger partial charge in [-0.2, -0.15) is 0 Å². The highest BCUT2D eigenvalue weighted by Gasteiger charge is 2.47. The highest BCUT2D eigenvalue weighted by Crippen LogP contribution is 2.38. The molecule has 2 aliphatic rings. The minimum Gasteiger partial charge on any atom is -0.341 e. The van der Waals surface area contributed by atoms with E-state index < -0.39 is 0 Å². The number of carbonyl (C=O) groups excluding carboxylic acids is 3. The minimum absolute atomic E-state index is 0.0294. The monoisotopic (exact) mass is 348 g/mol. The number of carbonyl (C=O) groups is 3. The van der Waals surface area contributed by atoms with Gasteiger partial charge in [0.05, 0.1) is 18.4 Å². The maximum atomic E-state index is 12.4. The molecule has 1 saturated carbocycles. The molecule has 1 aliphatic carbocycles. The van der Waals surface area contributed by atoms with Crippen LogP contribution in [-0.2, 0) is 20.9 Å². The largest absolute Gasteiger partial charge is 0.341 e. The number of nitrogens with zero attached hydrogens (tertiary/aromatic N) is 2. The molecule has 2 heterocycles. The van der Waals surface area contributed by atoms with Crippen molar-refractivity contribution < 1.29 is 14.4 Å². The number of hydrogen-bond donors (Lipinski definition) is 0. The predicted molar refractivity (Wildman–Crippen MR) is 92.3 cm³/mol. The zero-order valence-corrected chi connectivity index (χ0v) is 15.1. The molecule has 2 fully saturated rings. The van der Waals surface area contributed by atoms with E-state index in [1.165, 1.54) is 15.3 Å². The molecule has 6 heteroatoms. The Kier molecular flexibility index (Phi) is 5.04. The Bertz CT molecular complexity index is 630. The smallest absolute Gasteiger partial charge is 0.233 e. The molecule has 1 saturated heterocycles. The second-order valence-electron chi connectivity index (χ2n) is 6.85. The van der Waals surface area contributed by atoms with Gasteiger partial charge in [0, 0.05) is 24.9 Å². The van der Waals surface area contributed by atoms with Gasteiger partial charge >= 0.3 is 0 Å². The van der Waals surface area contributed by atoms with Gasteiger partial charge in [0.15, 0.2) is 0 Å². The normalized spacial score (nSPS) is 23.5. The molecule has 0 spiro atoms. The van der Waals surface area contributed by atoms with Crippen LogP contribution in [0, 0.1) is 18.8 Å². The van der Waals surface area contributed by atoms with Crippen molar-refractivity contribution in [3.63, 3.8) is 0 Å². The van der Waals surface area contributed by atoms with Gasteiger partial charge < -0.3 is 4.90 Å². The van der Waals surface area contributed by atoms with Crippen molar-refractivity contribution in [2.24, 2.45) is 11.8 Å². The van der Waals surface area contributed by atoms with E-state index in [4.69, 9.17) is 0 Å². The van der Waals surface area contributed by atoms with E-state index >= 15 is 0 Å². The van der Waals surface area contributed by atoms with Gasteiger partial charge in [-0.3, -0.25) is 19.3 Å². The standard InChI is InChI=1S/C18H24N2O3S/c1-12-8-10-24-15(12)11-19(2)16(21)7-9-20-17(22)13-5-3-4-6-14(13)18(20)23/h8,10,13-14H,3-7,9,11H2,1-2H3. The molecule has 2 atom stereocenters. The second-order valence-corrected chi connectivity index (χ2v) is 7.85. The van der Waals surface area contributed by atoms with E-state index in [0.717, 1.165) is 25.7 Å². The summed E-state index contributed by atoms with van der Waals surface area (Å²) in [7, 11) is 1.77. The highest BCUT2D eigenvalue weighted by atomic mass is 32.1. The van der Waals surface area contributed by atoms with Crippen LogP contribution in [0.2, 0.25) is 0 Å². The third-order valence-corrected chi connectivity index (χ3v) is 6.26. The number of hydrogen-bond acceptors (Lipinski definition) is 4. The summed E-state index contributed by atoms with van der Waals surface area (Å²) in [6.07, 6.45) is 3.89. The Balaban J connectivity index is 1.55. The van der Waals surface area contributed by atoms with Crippen LogP contribution in [0.15, 0.2) is 11.4 Å². The van der Waals surface area contributed by atoms with Crippen LogP contribution < -0.4 is 0 Å². The average molecular weight is 348 g/mol. The summed E-state index contributed by atoms with van der Waals surface area (Å²) in [5, 5.41) is 2.02. The van der Waals surface area contributed by atoms with Crippen LogP contribution in [0.3, 0.4) is 0 Å². The molecule has 0 N–H and O–H groups in total. The summed E-state index contributed by atoms with van der Waals surface area (Å²) < 4.78 is 0. The van der Waals surface area contributed by atoms with E-state index in [1.807, 2.05) is 18.4 Å². The fourth-order valence-corrected chi connectivity index (χ4v) is 4.68. The number of rotatable bonds is 5. The molecule has 5 nitrogen and oxygen atoms in total. The van der Waals surface area contributed by atoms with Crippen molar-refractivity contribution >= 4 is 29.1 Å². The molecule has 130 valence electrons. The van der Waals surface area contributed by atoms with Crippen LogP contribution in [0.4, 0.5) is 0 Å². The fourth-order valence-electron chi connectivity index (χ4n) is 3.72. The molecule has 1 aliphatic heterocycles. The lowest BCUT2D eigenvalue weighted by Gasteiger charge is -2.19. The van der Waals surface area contributed by atoms with Crippen molar-refractivity contribution in [3.05, 3.63) is 21.9 Å². The van der Waals surface area contributed by atoms with Crippen molar-refractivity contribution in [3.8, 4) is 0 Å². The molecular weight excluding hydrogens is 324 g/mol. The Hall–Kier alpha value is -1.69. The lowest BCUT2D eigenvalue weighted by molar-refractivity contribution is -0.140. The number of fused-ring (bicyclic) bond motifs is 1. The van der Waals surface area contributed by atoms with Crippen LogP contribution in [0.5, 0.6) is 0 Å². The highest BCUT2D eigenvalue weighted by molar-refractivity contribution is 7.10. The fraction of sp³-hybridized carbons (Fsp3) is 0.611. The first-order chi connectivity index (χ1) is 11.5. The molecule has 24 heavy (non-hydrogen) atoms. The summed E-state index contributed by atoms with van der Waals surface area (Å²) in [4.78, 5) is 41.4. The van der Waals surface area contributed by atoms with Gasteiger partial charge in [0.1, 0.15) is 0 Å². The summed E-state index contributed by atoms with van der Waals surface area (Å²) >= 11 is 1.64. The molecule has 0 radical (unpaired) electrons. The Morgan fingerprint density at radius 1 is 1.25 bits per heavy atom. The van der Waals surface area contributed by atoms with Crippen LogP contribution in [0.25, 0.3) is 0 Å². The first-order valence-electron chi connectivity index (χ1n) is 8.61. The summed E-state index contributed by atoms with van der Waals surface area (Å²) in [6, 6.07) is 2.04. The van der Waals surface area contributed by atoms with Crippen LogP contribution in [0.1, 0.15) is 42.5 Å². The van der Waals surface area contributed by atoms with E-state index in [0.29, 0.717) is 6.54 Å². The quantitative estimate of drug-likeness (QED) is 0.769. The first kappa shape index (κ1) is 17.1. The lowest BCUT2D eigenvalue weighted by atomic mass is 9.81. The third-order valence-electron chi connectivity index (χ3n) is 5.26. The van der Waals surface area contributed by atoms with E-state index in [-0.39, 0.29) is 42.5 Å². The molecule has 0 aromatic carbocycles. The number of thiophene rings is 1. The number of imide groups is 1. The average Bonchev–Trinajstić information content (AvgIpc) is 3.08. The van der Waals surface area contributed by atoms with Gasteiger partial charge in [0.25, 0.3) is 0 Å². The topological polar surface area (TPSA) is 57.7 Å². The Labute approximate surface area is 146 Å². The van der Waals surface area contributed by atoms with E-state index in [2.05, 4.69) is 0 Å². The molecule has 3 amide bonds. The second kappa shape index (κ2) is 7.05. The van der Waals surface area contributed by atoms with Gasteiger partial charge in [-0.15, -0.1) is 11.3 Å². The lowest BCUT2D eigenvalue weighted by Crippen LogP contribution is -2.36. The minimum atomic E-state index is -0.132. The number of aryl methyl sites for hydroxylation is 1. The summed E-state index contributed by atoms with van der Waals surface area (Å²) in [5.74, 6) is -0.414. The van der Waals surface area contributed by atoms with Gasteiger partial charge in [-0.1, -0.05) is 12.8 Å². The van der Waals surface area contributed by atoms with Crippen molar-refractivity contribution in [2.45, 2.75) is 45.6 Å². The SMILES string of the molecule is Cc1ccsc1CN(C)C(=O)CCN1C(=O)C2CCCCC2C1=O. The van der Waals surface area contributed by atoms with Gasteiger partial charge in [-0.05, 0) is 36.8 Å². The number of amides is 3. The summed E-state index contributed by atoms with van der Waals surface area (Å²) in [6.45, 7) is 2.83. The van der Waals surface area contributed by atoms with Gasteiger partial charge in [-0.25, -0.2) is 0 Å². The zero-order chi connectivity index (χ0) is 17.3. The molecule has 3 rings (SSSR count). The van der Waals surface area contributed by atoms with E-state index in [1.54, 1.807) is 23.3 Å². The molecule has 1 aromatic heterocycles. The molecule has 1 aromatic rings. The molecular formula is C18H24N2O3S. The van der Waals surface area contributed by atoms with Crippen molar-refractivity contribution in [1.29, 1.82) is 0 Å². The maximum absolute atomic E-state index is 12.4. The predicted octanol–water partition coefficient (Wildman–Crippen LogP) is 2.58. The summed E-state index contributed by atoms with van der Waals surface area (Å²) in [5.41, 5.74) is 1.19. The van der Waals surface area contributed by atoms with E-state index in [9.17, 15) is 14.4 Å². The number of likely N-dealkylation sites (tertiary alicyclic amines) is 1. The maximum Gasteiger partial charge on any atom is 0.233 e. The zero-order valence-electron chi connectivity index (χ0n) is 14.3. The van der Waals surface area contributed by atoms with Crippen LogP contribution in [-0.4, -0.2) is 41.1 Å². The third kappa shape index (κ3) is 3.24. The Morgan fingerprint density at radius 3 is 2.42 bits per heavy atom. The van der Waals surface area contributed by atoms with Gasteiger partial charge in [0.2, 0.25) is 17.7 Å². The first-order valence-corrected chi connectivity index (χ1v) is 9.49. The van der Waals surface area contributed by atoms with Crippen LogP contribution >= 0.6 is 11.3 Å². The van der Waals surface area contributed by atoms with Crippen molar-refractivity contribution in [2.75, 3.05) is 13.6 Å².